The van der Waals surface area contributed by atoms with E-state index >= 15 is 0 Å². The molecule has 1 N–H and O–H groups in total. The first-order valence-electron chi connectivity index (χ1n) is 5.35. The fourth-order valence-corrected chi connectivity index (χ4v) is 2.38. The Bertz CT molecular complexity index is 393. The fourth-order valence-electron chi connectivity index (χ4n) is 1.56. The van der Waals surface area contributed by atoms with Crippen molar-refractivity contribution in [3.63, 3.8) is 0 Å². The first-order valence-corrected chi connectivity index (χ1v) is 6.14. The Morgan fingerprint density at radius 3 is 2.62 bits per heavy atom. The molecule has 0 aliphatic heterocycles. The van der Waals surface area contributed by atoms with Crippen molar-refractivity contribution in [2.24, 2.45) is 0 Å². The van der Waals surface area contributed by atoms with Gasteiger partial charge in [-0.2, -0.15) is 5.26 Å². The van der Waals surface area contributed by atoms with Crippen molar-refractivity contribution in [2.75, 3.05) is 6.54 Å². The van der Waals surface area contributed by atoms with E-state index in [1.807, 2.05) is 25.1 Å². The number of halogens is 1. The second kappa shape index (κ2) is 5.47. The highest BCUT2D eigenvalue weighted by molar-refractivity contribution is 9.10. The van der Waals surface area contributed by atoms with Crippen molar-refractivity contribution in [2.45, 2.75) is 32.2 Å². The molecule has 0 aromatic heterocycles. The standard InChI is InChI=1S/C13H17BrN2/c1-10(8-15)16-9-13(2,3)11-6-4-5-7-12(11)14/h4-7,10,16H,9H2,1-3H3. The lowest BCUT2D eigenvalue weighted by Crippen LogP contribution is -2.37. The summed E-state index contributed by atoms with van der Waals surface area (Å²) >= 11 is 3.56. The molecule has 0 fully saturated rings. The summed E-state index contributed by atoms with van der Waals surface area (Å²) in [7, 11) is 0. The van der Waals surface area contributed by atoms with Gasteiger partial charge in [0, 0.05) is 16.4 Å². The fraction of sp³-hybridized carbons (Fsp3) is 0.462. The molecule has 86 valence electrons. The van der Waals surface area contributed by atoms with Crippen LogP contribution in [0.5, 0.6) is 0 Å². The van der Waals surface area contributed by atoms with Crippen molar-refractivity contribution < 1.29 is 0 Å². The molecule has 1 atom stereocenters. The zero-order valence-corrected chi connectivity index (χ0v) is 11.5. The van der Waals surface area contributed by atoms with Crippen LogP contribution >= 0.6 is 15.9 Å². The molecule has 1 rings (SSSR count). The molecule has 16 heavy (non-hydrogen) atoms. The Labute approximate surface area is 106 Å². The third kappa shape index (κ3) is 3.33. The van der Waals surface area contributed by atoms with Gasteiger partial charge >= 0.3 is 0 Å². The highest BCUT2D eigenvalue weighted by atomic mass is 79.9. The maximum absolute atomic E-state index is 8.74. The summed E-state index contributed by atoms with van der Waals surface area (Å²) in [5.74, 6) is 0. The number of nitrogens with zero attached hydrogens (tertiary/aromatic N) is 1. The van der Waals surface area contributed by atoms with E-state index in [1.165, 1.54) is 5.56 Å². The molecule has 0 saturated heterocycles. The number of nitrogens with one attached hydrogen (secondary N) is 1. The summed E-state index contributed by atoms with van der Waals surface area (Å²) in [4.78, 5) is 0. The largest absolute Gasteiger partial charge is 0.301 e. The van der Waals surface area contributed by atoms with Gasteiger partial charge in [0.15, 0.2) is 0 Å². The second-order valence-corrected chi connectivity index (χ2v) is 5.45. The number of hydrogen-bond acceptors (Lipinski definition) is 2. The number of hydrogen-bond donors (Lipinski definition) is 1. The minimum Gasteiger partial charge on any atom is -0.301 e. The van der Waals surface area contributed by atoms with Crippen LogP contribution in [0.4, 0.5) is 0 Å². The van der Waals surface area contributed by atoms with Gasteiger partial charge in [0.25, 0.3) is 0 Å². The van der Waals surface area contributed by atoms with Crippen LogP contribution < -0.4 is 5.32 Å². The van der Waals surface area contributed by atoms with E-state index in [9.17, 15) is 0 Å². The van der Waals surface area contributed by atoms with Gasteiger partial charge in [-0.1, -0.05) is 48.0 Å². The normalized spacial score (nSPS) is 13.2. The topological polar surface area (TPSA) is 35.8 Å². The number of rotatable bonds is 4. The van der Waals surface area contributed by atoms with E-state index in [2.05, 4.69) is 47.2 Å². The van der Waals surface area contributed by atoms with Crippen LogP contribution in [0.3, 0.4) is 0 Å². The molecule has 0 aliphatic rings. The first kappa shape index (κ1) is 13.2. The Hall–Kier alpha value is -0.850. The first-order chi connectivity index (χ1) is 7.47. The van der Waals surface area contributed by atoms with Gasteiger partial charge in [0.1, 0.15) is 0 Å². The molecule has 1 aromatic carbocycles. The number of benzene rings is 1. The van der Waals surface area contributed by atoms with Gasteiger partial charge in [0.05, 0.1) is 12.1 Å². The number of nitriles is 1. The summed E-state index contributed by atoms with van der Waals surface area (Å²) in [6.07, 6.45) is 0. The molecule has 0 bridgehead atoms. The molecule has 3 heteroatoms. The van der Waals surface area contributed by atoms with Crippen LogP contribution in [0.1, 0.15) is 26.3 Å². The lowest BCUT2D eigenvalue weighted by atomic mass is 9.84. The van der Waals surface area contributed by atoms with Crippen LogP contribution in [0.25, 0.3) is 0 Å². The third-order valence-corrected chi connectivity index (χ3v) is 3.34. The van der Waals surface area contributed by atoms with Gasteiger partial charge in [-0.3, -0.25) is 0 Å². The van der Waals surface area contributed by atoms with Gasteiger partial charge < -0.3 is 5.32 Å². The molecular weight excluding hydrogens is 264 g/mol. The van der Waals surface area contributed by atoms with Crippen LogP contribution in [-0.2, 0) is 5.41 Å². The van der Waals surface area contributed by atoms with E-state index in [0.29, 0.717) is 0 Å². The zero-order valence-electron chi connectivity index (χ0n) is 9.92. The van der Waals surface area contributed by atoms with Crippen LogP contribution in [0, 0.1) is 11.3 Å². The summed E-state index contributed by atoms with van der Waals surface area (Å²) in [5, 5.41) is 12.0. The quantitative estimate of drug-likeness (QED) is 0.919. The minimum absolute atomic E-state index is 0.00516. The maximum atomic E-state index is 8.74. The summed E-state index contributed by atoms with van der Waals surface area (Å²) in [6, 6.07) is 10.3. The molecule has 1 aromatic rings. The Kier molecular flexibility index (Phi) is 4.52. The average molecular weight is 281 g/mol. The van der Waals surface area contributed by atoms with Crippen molar-refractivity contribution in [3.8, 4) is 6.07 Å². The van der Waals surface area contributed by atoms with Gasteiger partial charge in [-0.25, -0.2) is 0 Å². The highest BCUT2D eigenvalue weighted by Crippen LogP contribution is 2.29. The van der Waals surface area contributed by atoms with Crippen LogP contribution in [-0.4, -0.2) is 12.6 Å². The molecule has 2 nitrogen and oxygen atoms in total. The predicted octanol–water partition coefficient (Wildman–Crippen LogP) is 3.23. The molecule has 1 unspecified atom stereocenters. The zero-order chi connectivity index (χ0) is 12.2. The van der Waals surface area contributed by atoms with E-state index in [4.69, 9.17) is 5.26 Å². The molecule has 0 heterocycles. The smallest absolute Gasteiger partial charge is 0.0924 e. The van der Waals surface area contributed by atoms with Crippen molar-refractivity contribution in [3.05, 3.63) is 34.3 Å². The van der Waals surface area contributed by atoms with E-state index in [1.54, 1.807) is 0 Å². The summed E-state index contributed by atoms with van der Waals surface area (Å²) < 4.78 is 1.12. The van der Waals surface area contributed by atoms with Gasteiger partial charge in [-0.05, 0) is 18.6 Å². The second-order valence-electron chi connectivity index (χ2n) is 4.60. The van der Waals surface area contributed by atoms with E-state index in [-0.39, 0.29) is 11.5 Å². The molecule has 0 spiro atoms. The van der Waals surface area contributed by atoms with E-state index < -0.39 is 0 Å². The van der Waals surface area contributed by atoms with E-state index in [0.717, 1.165) is 11.0 Å². The van der Waals surface area contributed by atoms with Crippen molar-refractivity contribution >= 4 is 15.9 Å². The van der Waals surface area contributed by atoms with Crippen LogP contribution in [0.15, 0.2) is 28.7 Å². The molecule has 0 amide bonds. The van der Waals surface area contributed by atoms with Crippen molar-refractivity contribution in [1.82, 2.24) is 5.32 Å². The van der Waals surface area contributed by atoms with Crippen LogP contribution in [0.2, 0.25) is 0 Å². The van der Waals surface area contributed by atoms with Gasteiger partial charge in [-0.15, -0.1) is 0 Å². The monoisotopic (exact) mass is 280 g/mol. The minimum atomic E-state index is -0.109. The third-order valence-electron chi connectivity index (χ3n) is 2.65. The molecule has 0 aliphatic carbocycles. The Morgan fingerprint density at radius 1 is 1.44 bits per heavy atom. The Morgan fingerprint density at radius 2 is 2.06 bits per heavy atom. The summed E-state index contributed by atoms with van der Waals surface area (Å²) in [5.41, 5.74) is 1.26. The molecule has 0 saturated carbocycles. The predicted molar refractivity (Wildman–Crippen MR) is 70.2 cm³/mol. The Balaban J connectivity index is 2.78. The average Bonchev–Trinajstić information content (AvgIpc) is 2.26. The van der Waals surface area contributed by atoms with Gasteiger partial charge in [0.2, 0.25) is 0 Å². The molecule has 0 radical (unpaired) electrons. The molecular formula is C13H17BrN2. The SMILES string of the molecule is CC(C#N)NCC(C)(C)c1ccccc1Br. The maximum Gasteiger partial charge on any atom is 0.0924 e. The van der Waals surface area contributed by atoms with Crippen molar-refractivity contribution in [1.29, 1.82) is 5.26 Å². The lowest BCUT2D eigenvalue weighted by Gasteiger charge is -2.27. The summed E-state index contributed by atoms with van der Waals surface area (Å²) in [6.45, 7) is 6.99. The highest BCUT2D eigenvalue weighted by Gasteiger charge is 2.22. The lowest BCUT2D eigenvalue weighted by molar-refractivity contribution is 0.455.